The minimum absolute atomic E-state index is 0.251. The molecule has 154 valence electrons. The van der Waals surface area contributed by atoms with Gasteiger partial charge in [0.15, 0.2) is 5.65 Å². The number of nitrogens with two attached hydrogens (primary N) is 1. The van der Waals surface area contributed by atoms with Crippen molar-refractivity contribution in [1.82, 2.24) is 29.8 Å². The van der Waals surface area contributed by atoms with Gasteiger partial charge in [-0.25, -0.2) is 9.97 Å². The molecule has 3 aromatic heterocycles. The van der Waals surface area contributed by atoms with E-state index in [1.807, 2.05) is 12.3 Å². The molecule has 0 unspecified atom stereocenters. The van der Waals surface area contributed by atoms with Gasteiger partial charge in [0.2, 0.25) is 5.95 Å². The molecule has 0 radical (unpaired) electrons. The summed E-state index contributed by atoms with van der Waals surface area (Å²) in [7, 11) is 0. The minimum Gasteiger partial charge on any atom is -0.368 e. The van der Waals surface area contributed by atoms with Gasteiger partial charge in [-0.1, -0.05) is 38.1 Å². The Labute approximate surface area is 176 Å². The summed E-state index contributed by atoms with van der Waals surface area (Å²) in [6, 6.07) is 11.2. The lowest BCUT2D eigenvalue weighted by molar-refractivity contribution is 0.590. The van der Waals surface area contributed by atoms with E-state index in [1.54, 1.807) is 12.4 Å². The summed E-state index contributed by atoms with van der Waals surface area (Å²) < 4.78 is 2.07. The highest BCUT2D eigenvalue weighted by molar-refractivity contribution is 5.84. The van der Waals surface area contributed by atoms with Crippen LogP contribution in [0, 0.1) is 0 Å². The third-order valence-corrected chi connectivity index (χ3v) is 5.12. The summed E-state index contributed by atoms with van der Waals surface area (Å²) in [5.74, 6) is 1.09. The Balaban J connectivity index is 1.71. The number of hydrogen-bond donors (Lipinski definition) is 2. The van der Waals surface area contributed by atoms with Crippen molar-refractivity contribution in [3.8, 4) is 22.5 Å². The molecule has 0 atom stereocenters. The van der Waals surface area contributed by atoms with E-state index in [-0.39, 0.29) is 5.95 Å². The number of aromatic nitrogens is 5. The highest BCUT2D eigenvalue weighted by Gasteiger charge is 2.17. The minimum atomic E-state index is 0.251. The van der Waals surface area contributed by atoms with Gasteiger partial charge in [-0.2, -0.15) is 4.98 Å². The molecule has 0 fully saturated rings. The van der Waals surface area contributed by atoms with E-state index in [0.29, 0.717) is 6.04 Å². The Morgan fingerprint density at radius 1 is 1.03 bits per heavy atom. The van der Waals surface area contributed by atoms with Gasteiger partial charge in [-0.3, -0.25) is 4.98 Å². The molecular formula is C23H27N7. The second-order valence-corrected chi connectivity index (χ2v) is 7.59. The van der Waals surface area contributed by atoms with Gasteiger partial charge < -0.3 is 15.6 Å². The molecule has 0 saturated carbocycles. The topological polar surface area (TPSA) is 94.5 Å². The molecule has 0 aliphatic heterocycles. The van der Waals surface area contributed by atoms with Gasteiger partial charge in [0.25, 0.3) is 0 Å². The lowest BCUT2D eigenvalue weighted by atomic mass is 9.99. The molecule has 4 aromatic rings. The summed E-state index contributed by atoms with van der Waals surface area (Å²) in [6.45, 7) is 8.10. The number of pyridine rings is 1. The molecule has 0 spiro atoms. The molecule has 1 aromatic carbocycles. The first kappa shape index (κ1) is 20.0. The summed E-state index contributed by atoms with van der Waals surface area (Å²) in [5, 5.41) is 3.46. The van der Waals surface area contributed by atoms with Crippen molar-refractivity contribution in [2.45, 2.75) is 39.8 Å². The van der Waals surface area contributed by atoms with Gasteiger partial charge in [0, 0.05) is 36.1 Å². The first-order valence-electron chi connectivity index (χ1n) is 10.3. The fourth-order valence-electron chi connectivity index (χ4n) is 3.61. The standard InChI is InChI=1S/C23H27N7/c1-4-30-21(28-20-14-27-23(24)29-22(20)30)18-10-11-25-13-19(18)17-7-5-16(6-8-17)9-12-26-15(2)3/h5-8,10-11,13-15,26H,4,9,12H2,1-3H3,(H2,24,27,29). The van der Waals surface area contributed by atoms with Crippen molar-refractivity contribution >= 4 is 17.1 Å². The van der Waals surface area contributed by atoms with Gasteiger partial charge >= 0.3 is 0 Å². The largest absolute Gasteiger partial charge is 0.368 e. The third-order valence-electron chi connectivity index (χ3n) is 5.12. The monoisotopic (exact) mass is 401 g/mol. The van der Waals surface area contributed by atoms with Crippen LogP contribution in [0.5, 0.6) is 0 Å². The second kappa shape index (κ2) is 8.59. The third kappa shape index (κ3) is 4.02. The molecule has 4 rings (SSSR count). The number of fused-ring (bicyclic) bond motifs is 1. The summed E-state index contributed by atoms with van der Waals surface area (Å²) >= 11 is 0. The maximum Gasteiger partial charge on any atom is 0.222 e. The van der Waals surface area contributed by atoms with Crippen LogP contribution in [0.2, 0.25) is 0 Å². The maximum atomic E-state index is 5.80. The molecule has 3 heterocycles. The Morgan fingerprint density at radius 2 is 1.83 bits per heavy atom. The number of anilines is 1. The zero-order valence-electron chi connectivity index (χ0n) is 17.6. The zero-order valence-corrected chi connectivity index (χ0v) is 17.6. The van der Waals surface area contributed by atoms with Crippen molar-refractivity contribution < 1.29 is 0 Å². The number of nitrogens with one attached hydrogen (secondary N) is 1. The number of nitrogen functional groups attached to an aromatic ring is 1. The van der Waals surface area contributed by atoms with Gasteiger partial charge in [-0.15, -0.1) is 0 Å². The van der Waals surface area contributed by atoms with Crippen LogP contribution in [0.4, 0.5) is 5.95 Å². The Morgan fingerprint density at radius 3 is 2.57 bits per heavy atom. The predicted octanol–water partition coefficient (Wildman–Crippen LogP) is 3.70. The SMILES string of the molecule is CCn1c(-c2ccncc2-c2ccc(CCNC(C)C)cc2)nc2cnc(N)nc21. The molecule has 0 amide bonds. The zero-order chi connectivity index (χ0) is 21.1. The normalized spacial score (nSPS) is 11.5. The van der Waals surface area contributed by atoms with E-state index in [0.717, 1.165) is 53.2 Å². The summed E-state index contributed by atoms with van der Waals surface area (Å²) in [5.41, 5.74) is 11.8. The molecular weight excluding hydrogens is 374 g/mol. The quantitative estimate of drug-likeness (QED) is 0.490. The van der Waals surface area contributed by atoms with Crippen LogP contribution in [-0.2, 0) is 13.0 Å². The number of rotatable bonds is 7. The van der Waals surface area contributed by atoms with Crippen molar-refractivity contribution in [1.29, 1.82) is 0 Å². The molecule has 30 heavy (non-hydrogen) atoms. The Bertz CT molecular complexity index is 1150. The fraction of sp³-hybridized carbons (Fsp3) is 0.304. The highest BCUT2D eigenvalue weighted by Crippen LogP contribution is 2.32. The van der Waals surface area contributed by atoms with Crippen molar-refractivity contribution in [3.05, 3.63) is 54.5 Å². The molecule has 7 heteroatoms. The molecule has 0 saturated heterocycles. The summed E-state index contributed by atoms with van der Waals surface area (Å²) in [6.07, 6.45) is 6.37. The predicted molar refractivity (Wildman–Crippen MR) is 121 cm³/mol. The average Bonchev–Trinajstić information content (AvgIpc) is 3.11. The van der Waals surface area contributed by atoms with E-state index < -0.39 is 0 Å². The van der Waals surface area contributed by atoms with Crippen molar-refractivity contribution in [2.75, 3.05) is 12.3 Å². The van der Waals surface area contributed by atoms with Gasteiger partial charge in [0.1, 0.15) is 11.3 Å². The van der Waals surface area contributed by atoms with Crippen LogP contribution in [-0.4, -0.2) is 37.1 Å². The summed E-state index contributed by atoms with van der Waals surface area (Å²) in [4.78, 5) is 17.7. The number of benzene rings is 1. The van der Waals surface area contributed by atoms with Crippen LogP contribution in [0.3, 0.4) is 0 Å². The first-order chi connectivity index (χ1) is 14.6. The average molecular weight is 402 g/mol. The smallest absolute Gasteiger partial charge is 0.222 e. The lowest BCUT2D eigenvalue weighted by Gasteiger charge is -2.12. The van der Waals surface area contributed by atoms with Crippen molar-refractivity contribution in [3.63, 3.8) is 0 Å². The van der Waals surface area contributed by atoms with Crippen LogP contribution in [0.25, 0.3) is 33.7 Å². The molecule has 0 bridgehead atoms. The number of imidazole rings is 1. The fourth-order valence-corrected chi connectivity index (χ4v) is 3.61. The van der Waals surface area contributed by atoms with Crippen molar-refractivity contribution in [2.24, 2.45) is 0 Å². The van der Waals surface area contributed by atoms with E-state index >= 15 is 0 Å². The van der Waals surface area contributed by atoms with Gasteiger partial charge in [0.05, 0.1) is 6.20 Å². The Kier molecular flexibility index (Phi) is 5.72. The number of hydrogen-bond acceptors (Lipinski definition) is 6. The first-order valence-corrected chi connectivity index (χ1v) is 10.3. The lowest BCUT2D eigenvalue weighted by Crippen LogP contribution is -2.24. The van der Waals surface area contributed by atoms with E-state index in [9.17, 15) is 0 Å². The van der Waals surface area contributed by atoms with Gasteiger partial charge in [-0.05, 0) is 37.1 Å². The van der Waals surface area contributed by atoms with E-state index in [1.165, 1.54) is 5.56 Å². The van der Waals surface area contributed by atoms with Crippen LogP contribution < -0.4 is 11.1 Å². The number of aryl methyl sites for hydroxylation is 1. The highest BCUT2D eigenvalue weighted by atomic mass is 15.2. The Hall–Kier alpha value is -3.32. The van der Waals surface area contributed by atoms with Crippen LogP contribution >= 0.6 is 0 Å². The van der Waals surface area contributed by atoms with Crippen LogP contribution in [0.1, 0.15) is 26.3 Å². The molecule has 0 aliphatic rings. The second-order valence-electron chi connectivity index (χ2n) is 7.59. The van der Waals surface area contributed by atoms with E-state index in [2.05, 4.69) is 69.9 Å². The number of nitrogens with zero attached hydrogens (tertiary/aromatic N) is 5. The molecule has 3 N–H and O–H groups in total. The van der Waals surface area contributed by atoms with E-state index in [4.69, 9.17) is 10.7 Å². The maximum absolute atomic E-state index is 5.80. The molecule has 7 nitrogen and oxygen atoms in total. The molecule has 0 aliphatic carbocycles. The van der Waals surface area contributed by atoms with Crippen LogP contribution in [0.15, 0.2) is 48.9 Å².